The van der Waals surface area contributed by atoms with Gasteiger partial charge in [0.15, 0.2) is 5.96 Å². The van der Waals surface area contributed by atoms with Crippen LogP contribution in [0, 0.1) is 13.8 Å². The van der Waals surface area contributed by atoms with Crippen molar-refractivity contribution in [3.63, 3.8) is 0 Å². The quantitative estimate of drug-likeness (QED) is 0.561. The maximum absolute atomic E-state index is 12.0. The second-order valence-corrected chi connectivity index (χ2v) is 5.19. The standard InChI is InChI=1S/C16H29N5O2/c1-6-17-16(18-10-9-15(22)21(7-2)8-3)19-11-14-20-12(4)13(5)23-14/h6-11H2,1-5H3,(H2,17,18,19). The molecule has 0 aliphatic heterocycles. The van der Waals surface area contributed by atoms with Gasteiger partial charge in [0.2, 0.25) is 11.8 Å². The lowest BCUT2D eigenvalue weighted by Crippen LogP contribution is -2.40. The zero-order valence-electron chi connectivity index (χ0n) is 14.9. The minimum atomic E-state index is 0.150. The molecule has 1 rings (SSSR count). The predicted octanol–water partition coefficient (Wildman–Crippen LogP) is 1.61. The molecular weight excluding hydrogens is 294 g/mol. The van der Waals surface area contributed by atoms with Crippen molar-refractivity contribution < 1.29 is 9.21 Å². The molecular formula is C16H29N5O2. The Morgan fingerprint density at radius 3 is 2.43 bits per heavy atom. The summed E-state index contributed by atoms with van der Waals surface area (Å²) in [6.07, 6.45) is 0.448. The lowest BCUT2D eigenvalue weighted by atomic mass is 10.3. The number of aliphatic imine (C=N–C) groups is 1. The Bertz CT molecular complexity index is 501. The molecule has 0 spiro atoms. The van der Waals surface area contributed by atoms with Crippen LogP contribution in [0.1, 0.15) is 44.5 Å². The summed E-state index contributed by atoms with van der Waals surface area (Å²) in [6, 6.07) is 0. The Hall–Kier alpha value is -2.05. The van der Waals surface area contributed by atoms with Crippen LogP contribution in [-0.4, -0.2) is 47.9 Å². The molecule has 0 saturated heterocycles. The lowest BCUT2D eigenvalue weighted by Gasteiger charge is -2.19. The first-order chi connectivity index (χ1) is 11.0. The fraction of sp³-hybridized carbons (Fsp3) is 0.688. The summed E-state index contributed by atoms with van der Waals surface area (Å²) in [7, 11) is 0. The molecule has 0 fully saturated rings. The van der Waals surface area contributed by atoms with Gasteiger partial charge in [-0.15, -0.1) is 0 Å². The average molecular weight is 323 g/mol. The molecule has 1 heterocycles. The van der Waals surface area contributed by atoms with E-state index >= 15 is 0 Å². The molecule has 0 unspecified atom stereocenters. The van der Waals surface area contributed by atoms with Gasteiger partial charge in [0.05, 0.1) is 5.69 Å². The lowest BCUT2D eigenvalue weighted by molar-refractivity contribution is -0.130. The number of oxazole rings is 1. The van der Waals surface area contributed by atoms with E-state index in [4.69, 9.17) is 4.42 Å². The van der Waals surface area contributed by atoms with E-state index in [1.165, 1.54) is 0 Å². The van der Waals surface area contributed by atoms with Crippen LogP contribution in [0.3, 0.4) is 0 Å². The van der Waals surface area contributed by atoms with Crippen molar-refractivity contribution in [3.8, 4) is 0 Å². The monoisotopic (exact) mass is 323 g/mol. The number of amides is 1. The van der Waals surface area contributed by atoms with E-state index in [2.05, 4.69) is 20.6 Å². The first-order valence-electron chi connectivity index (χ1n) is 8.24. The zero-order chi connectivity index (χ0) is 17.2. The number of hydrogen-bond acceptors (Lipinski definition) is 4. The number of nitrogens with zero attached hydrogens (tertiary/aromatic N) is 3. The first kappa shape index (κ1) is 19.0. The molecule has 2 N–H and O–H groups in total. The molecule has 0 aromatic carbocycles. The van der Waals surface area contributed by atoms with Gasteiger partial charge < -0.3 is 20.0 Å². The number of carbonyl (C=O) groups is 1. The summed E-state index contributed by atoms with van der Waals surface area (Å²) in [5.41, 5.74) is 0.887. The first-order valence-corrected chi connectivity index (χ1v) is 8.24. The molecule has 0 aliphatic rings. The highest BCUT2D eigenvalue weighted by molar-refractivity contribution is 5.81. The van der Waals surface area contributed by atoms with Crippen LogP contribution in [0.2, 0.25) is 0 Å². The third-order valence-corrected chi connectivity index (χ3v) is 3.54. The molecule has 1 amide bonds. The molecule has 7 heteroatoms. The van der Waals surface area contributed by atoms with Gasteiger partial charge in [0, 0.05) is 32.6 Å². The van der Waals surface area contributed by atoms with E-state index < -0.39 is 0 Å². The SMILES string of the molecule is CCNC(=NCc1nc(C)c(C)o1)NCCC(=O)N(CC)CC. The Kier molecular flexibility index (Phi) is 8.15. The van der Waals surface area contributed by atoms with Crippen molar-refractivity contribution in [2.24, 2.45) is 4.99 Å². The fourth-order valence-electron chi connectivity index (χ4n) is 2.12. The Morgan fingerprint density at radius 2 is 1.91 bits per heavy atom. The van der Waals surface area contributed by atoms with E-state index in [1.807, 2.05) is 39.5 Å². The van der Waals surface area contributed by atoms with Gasteiger partial charge in [-0.3, -0.25) is 4.79 Å². The van der Waals surface area contributed by atoms with Crippen molar-refractivity contribution in [2.75, 3.05) is 26.2 Å². The minimum Gasteiger partial charge on any atom is -0.444 e. The maximum atomic E-state index is 12.0. The Balaban J connectivity index is 2.51. The minimum absolute atomic E-state index is 0.150. The average Bonchev–Trinajstić information content (AvgIpc) is 2.84. The van der Waals surface area contributed by atoms with Crippen LogP contribution in [0.15, 0.2) is 9.41 Å². The molecule has 0 saturated carbocycles. The van der Waals surface area contributed by atoms with Crippen LogP contribution in [-0.2, 0) is 11.3 Å². The Labute approximate surface area is 138 Å². The second-order valence-electron chi connectivity index (χ2n) is 5.19. The van der Waals surface area contributed by atoms with Crippen molar-refractivity contribution >= 4 is 11.9 Å². The van der Waals surface area contributed by atoms with Crippen LogP contribution in [0.4, 0.5) is 0 Å². The molecule has 130 valence electrons. The summed E-state index contributed by atoms with van der Waals surface area (Å²) in [4.78, 5) is 22.5. The number of nitrogens with one attached hydrogen (secondary N) is 2. The van der Waals surface area contributed by atoms with Crippen LogP contribution < -0.4 is 10.6 Å². The third kappa shape index (κ3) is 6.30. The Morgan fingerprint density at radius 1 is 1.22 bits per heavy atom. The molecule has 23 heavy (non-hydrogen) atoms. The number of aromatic nitrogens is 1. The van der Waals surface area contributed by atoms with E-state index in [0.717, 1.165) is 31.1 Å². The van der Waals surface area contributed by atoms with Crippen molar-refractivity contribution in [3.05, 3.63) is 17.3 Å². The summed E-state index contributed by atoms with van der Waals surface area (Å²) < 4.78 is 5.51. The van der Waals surface area contributed by atoms with E-state index in [1.54, 1.807) is 0 Å². The topological polar surface area (TPSA) is 82.8 Å². The number of guanidine groups is 1. The van der Waals surface area contributed by atoms with Gasteiger partial charge in [-0.25, -0.2) is 9.98 Å². The number of carbonyl (C=O) groups excluding carboxylic acids is 1. The highest BCUT2D eigenvalue weighted by Crippen LogP contribution is 2.08. The van der Waals surface area contributed by atoms with Crippen molar-refractivity contribution in [2.45, 2.75) is 47.6 Å². The van der Waals surface area contributed by atoms with Crippen LogP contribution in [0.5, 0.6) is 0 Å². The smallest absolute Gasteiger partial charge is 0.224 e. The summed E-state index contributed by atoms with van der Waals surface area (Å²) in [6.45, 7) is 12.9. The highest BCUT2D eigenvalue weighted by atomic mass is 16.4. The van der Waals surface area contributed by atoms with E-state index in [9.17, 15) is 4.79 Å². The third-order valence-electron chi connectivity index (χ3n) is 3.54. The molecule has 0 radical (unpaired) electrons. The summed E-state index contributed by atoms with van der Waals surface area (Å²) in [5, 5.41) is 6.32. The molecule has 1 aromatic rings. The summed E-state index contributed by atoms with van der Waals surface area (Å²) in [5.74, 6) is 2.22. The van der Waals surface area contributed by atoms with Gasteiger partial charge >= 0.3 is 0 Å². The number of aryl methyl sites for hydroxylation is 2. The molecule has 0 atom stereocenters. The van der Waals surface area contributed by atoms with Crippen LogP contribution >= 0.6 is 0 Å². The van der Waals surface area contributed by atoms with Gasteiger partial charge in [0.25, 0.3) is 0 Å². The largest absolute Gasteiger partial charge is 0.444 e. The molecule has 0 aliphatic carbocycles. The highest BCUT2D eigenvalue weighted by Gasteiger charge is 2.09. The second kappa shape index (κ2) is 9.86. The maximum Gasteiger partial charge on any atom is 0.224 e. The normalized spacial score (nSPS) is 11.4. The fourth-order valence-corrected chi connectivity index (χ4v) is 2.12. The number of hydrogen-bond donors (Lipinski definition) is 2. The van der Waals surface area contributed by atoms with Crippen molar-refractivity contribution in [1.82, 2.24) is 20.5 Å². The van der Waals surface area contributed by atoms with Crippen molar-refractivity contribution in [1.29, 1.82) is 0 Å². The van der Waals surface area contributed by atoms with Crippen LogP contribution in [0.25, 0.3) is 0 Å². The summed E-state index contributed by atoms with van der Waals surface area (Å²) >= 11 is 0. The van der Waals surface area contributed by atoms with E-state index in [0.29, 0.717) is 31.4 Å². The molecule has 1 aromatic heterocycles. The van der Waals surface area contributed by atoms with Gasteiger partial charge in [-0.2, -0.15) is 0 Å². The van der Waals surface area contributed by atoms with Gasteiger partial charge in [0.1, 0.15) is 12.3 Å². The zero-order valence-corrected chi connectivity index (χ0v) is 14.9. The van der Waals surface area contributed by atoms with Gasteiger partial charge in [-0.05, 0) is 34.6 Å². The number of rotatable bonds is 8. The van der Waals surface area contributed by atoms with Gasteiger partial charge in [-0.1, -0.05) is 0 Å². The molecule has 0 bridgehead atoms. The predicted molar refractivity (Wildman–Crippen MR) is 91.3 cm³/mol. The van der Waals surface area contributed by atoms with E-state index in [-0.39, 0.29) is 5.91 Å². The molecule has 7 nitrogen and oxygen atoms in total.